The van der Waals surface area contributed by atoms with E-state index in [1.54, 1.807) is 0 Å². The highest BCUT2D eigenvalue weighted by Crippen LogP contribution is 2.34. The number of benzene rings is 3. The number of fused-ring (bicyclic) bond motifs is 1. The lowest BCUT2D eigenvalue weighted by Gasteiger charge is -2.23. The van der Waals surface area contributed by atoms with Crippen molar-refractivity contribution in [3.63, 3.8) is 0 Å². The van der Waals surface area contributed by atoms with Crippen molar-refractivity contribution >= 4 is 16.9 Å². The van der Waals surface area contributed by atoms with Crippen molar-refractivity contribution in [2.45, 2.75) is 58.4 Å². The number of nitrogens with zero attached hydrogens (tertiary/aromatic N) is 1. The number of carboxylic acids is 1. The Kier molecular flexibility index (Phi) is 8.05. The van der Waals surface area contributed by atoms with Gasteiger partial charge >= 0.3 is 5.97 Å². The van der Waals surface area contributed by atoms with Crippen molar-refractivity contribution in [2.75, 3.05) is 13.1 Å². The van der Waals surface area contributed by atoms with Crippen LogP contribution in [0.1, 0.15) is 52.8 Å². The fourth-order valence-corrected chi connectivity index (χ4v) is 5.14. The van der Waals surface area contributed by atoms with E-state index >= 15 is 0 Å². The lowest BCUT2D eigenvalue weighted by Crippen LogP contribution is -2.28. The maximum Gasteiger partial charge on any atom is 0.307 e. The van der Waals surface area contributed by atoms with Crippen molar-refractivity contribution < 1.29 is 14.3 Å². The molecule has 1 heterocycles. The van der Waals surface area contributed by atoms with E-state index in [4.69, 9.17) is 9.52 Å². The van der Waals surface area contributed by atoms with Crippen molar-refractivity contribution in [2.24, 2.45) is 5.92 Å². The molecule has 0 bridgehead atoms. The summed E-state index contributed by atoms with van der Waals surface area (Å²) in [6.45, 7) is 5.05. The first-order chi connectivity index (χ1) is 18.0. The van der Waals surface area contributed by atoms with Gasteiger partial charge in [0, 0.05) is 31.4 Å². The second kappa shape index (κ2) is 11.8. The Bertz CT molecular complexity index is 1340. The van der Waals surface area contributed by atoms with Gasteiger partial charge in [0.2, 0.25) is 0 Å². The van der Waals surface area contributed by atoms with Crippen LogP contribution in [0.3, 0.4) is 0 Å². The van der Waals surface area contributed by atoms with Gasteiger partial charge in [-0.25, -0.2) is 0 Å². The van der Waals surface area contributed by atoms with Gasteiger partial charge in [0.1, 0.15) is 11.3 Å². The third-order valence-electron chi connectivity index (χ3n) is 7.56. The molecule has 4 heteroatoms. The number of hydrogen-bond donors (Lipinski definition) is 1. The smallest absolute Gasteiger partial charge is 0.307 e. The number of carboxylic acid groups (broad SMARTS) is 1. The Morgan fingerprint density at radius 2 is 1.68 bits per heavy atom. The Hall–Kier alpha value is -3.37. The number of furan rings is 1. The number of rotatable bonds is 13. The third kappa shape index (κ3) is 7.33. The van der Waals surface area contributed by atoms with Crippen LogP contribution < -0.4 is 0 Å². The van der Waals surface area contributed by atoms with Crippen LogP contribution in [0, 0.1) is 12.8 Å². The minimum atomic E-state index is -0.816. The molecule has 4 aromatic rings. The Morgan fingerprint density at radius 1 is 0.892 bits per heavy atom. The molecule has 0 saturated heterocycles. The lowest BCUT2D eigenvalue weighted by molar-refractivity contribution is -0.136. The van der Waals surface area contributed by atoms with E-state index in [2.05, 4.69) is 66.4 Å². The Labute approximate surface area is 219 Å². The zero-order chi connectivity index (χ0) is 25.6. The summed E-state index contributed by atoms with van der Waals surface area (Å²) in [5.74, 6) is 1.08. The first-order valence-corrected chi connectivity index (χ1v) is 13.6. The van der Waals surface area contributed by atoms with Gasteiger partial charge in [-0.15, -0.1) is 0 Å². The second-order valence-electron chi connectivity index (χ2n) is 10.7. The van der Waals surface area contributed by atoms with Crippen molar-refractivity contribution in [3.8, 4) is 0 Å². The first kappa shape index (κ1) is 25.3. The zero-order valence-corrected chi connectivity index (χ0v) is 21.8. The standard InChI is InChI=1S/C33H37NO3/c1-24-7-8-28(20-29(24)13-11-26-9-10-26)23-34(17-15-25-5-3-2-4-6-25)18-16-31-22-30-19-27(21-33(35)36)12-14-32(30)37-31/h2-8,12,14,19-20,22,26H,9-11,13,15-18,21,23H2,1H3,(H,35,36). The number of carbonyl (C=O) groups is 1. The predicted molar refractivity (Wildman–Crippen MR) is 149 cm³/mol. The molecule has 192 valence electrons. The first-order valence-electron chi connectivity index (χ1n) is 13.6. The molecule has 0 unspecified atom stereocenters. The summed E-state index contributed by atoms with van der Waals surface area (Å²) in [5.41, 5.74) is 7.27. The van der Waals surface area contributed by atoms with E-state index in [1.807, 2.05) is 18.2 Å². The summed E-state index contributed by atoms with van der Waals surface area (Å²) >= 11 is 0. The third-order valence-corrected chi connectivity index (χ3v) is 7.56. The average molecular weight is 496 g/mol. The molecule has 3 aromatic carbocycles. The van der Waals surface area contributed by atoms with Crippen LogP contribution in [-0.4, -0.2) is 29.1 Å². The maximum atomic E-state index is 11.1. The molecule has 0 amide bonds. The summed E-state index contributed by atoms with van der Waals surface area (Å²) in [7, 11) is 0. The SMILES string of the molecule is Cc1ccc(CN(CCc2ccccc2)CCc2cc3cc(CC(=O)O)ccc3o2)cc1CCC1CC1. The Morgan fingerprint density at radius 3 is 2.46 bits per heavy atom. The molecule has 0 atom stereocenters. The normalized spacial score (nSPS) is 13.5. The molecule has 1 N–H and O–H groups in total. The van der Waals surface area contributed by atoms with Crippen molar-refractivity contribution in [3.05, 3.63) is 106 Å². The molecule has 1 saturated carbocycles. The van der Waals surface area contributed by atoms with E-state index < -0.39 is 5.97 Å². The molecule has 1 aliphatic carbocycles. The largest absolute Gasteiger partial charge is 0.481 e. The van der Waals surface area contributed by atoms with Gasteiger partial charge in [0.15, 0.2) is 0 Å². The van der Waals surface area contributed by atoms with Gasteiger partial charge in [-0.05, 0) is 78.1 Å². The molecule has 1 aliphatic rings. The van der Waals surface area contributed by atoms with Gasteiger partial charge in [-0.1, -0.05) is 67.4 Å². The van der Waals surface area contributed by atoms with Crippen molar-refractivity contribution in [1.82, 2.24) is 4.90 Å². The summed E-state index contributed by atoms with van der Waals surface area (Å²) < 4.78 is 6.11. The highest BCUT2D eigenvalue weighted by molar-refractivity contribution is 5.80. The summed E-state index contributed by atoms with van der Waals surface area (Å²) in [4.78, 5) is 13.6. The fraction of sp³-hybridized carbons (Fsp3) is 0.364. The van der Waals surface area contributed by atoms with Crippen molar-refractivity contribution in [1.29, 1.82) is 0 Å². The molecule has 37 heavy (non-hydrogen) atoms. The summed E-state index contributed by atoms with van der Waals surface area (Å²) in [5, 5.41) is 10.1. The predicted octanol–water partition coefficient (Wildman–Crippen LogP) is 7.00. The number of hydrogen-bond acceptors (Lipinski definition) is 3. The highest BCUT2D eigenvalue weighted by Gasteiger charge is 2.21. The van der Waals surface area contributed by atoms with E-state index in [9.17, 15) is 4.79 Å². The minimum Gasteiger partial charge on any atom is -0.481 e. The summed E-state index contributed by atoms with van der Waals surface area (Å²) in [6.07, 6.45) is 7.20. The van der Waals surface area contributed by atoms with Gasteiger partial charge in [-0.3, -0.25) is 9.69 Å². The van der Waals surface area contributed by atoms with Crippen LogP contribution in [0.25, 0.3) is 11.0 Å². The van der Waals surface area contributed by atoms with Gasteiger partial charge in [0.25, 0.3) is 0 Å². The fourth-order valence-electron chi connectivity index (χ4n) is 5.14. The lowest BCUT2D eigenvalue weighted by atomic mass is 9.99. The molecule has 1 fully saturated rings. The second-order valence-corrected chi connectivity index (χ2v) is 10.7. The molecule has 4 nitrogen and oxygen atoms in total. The number of aryl methyl sites for hydroxylation is 2. The van der Waals surface area contributed by atoms with E-state index in [1.165, 1.54) is 47.9 Å². The average Bonchev–Trinajstić information content (AvgIpc) is 3.63. The molecular weight excluding hydrogens is 458 g/mol. The van der Waals surface area contributed by atoms with Crippen LogP contribution in [0.5, 0.6) is 0 Å². The van der Waals surface area contributed by atoms with Crippen LogP contribution in [0.2, 0.25) is 0 Å². The molecule has 1 aromatic heterocycles. The van der Waals surface area contributed by atoms with E-state index in [-0.39, 0.29) is 6.42 Å². The van der Waals surface area contributed by atoms with Gasteiger partial charge < -0.3 is 9.52 Å². The van der Waals surface area contributed by atoms with Crippen LogP contribution in [-0.2, 0) is 37.0 Å². The zero-order valence-electron chi connectivity index (χ0n) is 21.8. The van der Waals surface area contributed by atoms with Gasteiger partial charge in [0.05, 0.1) is 6.42 Å². The van der Waals surface area contributed by atoms with Gasteiger partial charge in [-0.2, -0.15) is 0 Å². The van der Waals surface area contributed by atoms with E-state index in [0.717, 1.165) is 60.7 Å². The van der Waals surface area contributed by atoms with E-state index in [0.29, 0.717) is 0 Å². The molecular formula is C33H37NO3. The Balaban J connectivity index is 1.27. The molecule has 0 aliphatic heterocycles. The quantitative estimate of drug-likeness (QED) is 0.217. The monoisotopic (exact) mass is 495 g/mol. The summed E-state index contributed by atoms with van der Waals surface area (Å²) in [6, 6.07) is 25.4. The van der Waals surface area contributed by atoms with Crippen LogP contribution in [0.4, 0.5) is 0 Å². The number of aliphatic carboxylic acids is 1. The highest BCUT2D eigenvalue weighted by atomic mass is 16.4. The van der Waals surface area contributed by atoms with Crippen LogP contribution >= 0.6 is 0 Å². The van der Waals surface area contributed by atoms with Crippen LogP contribution in [0.15, 0.2) is 77.2 Å². The minimum absolute atomic E-state index is 0.0307. The maximum absolute atomic E-state index is 11.1. The topological polar surface area (TPSA) is 53.7 Å². The molecule has 0 radical (unpaired) electrons. The molecule has 0 spiro atoms. The molecule has 5 rings (SSSR count).